The molecular weight excluding hydrogens is 397 g/mol. The number of likely N-dealkylation sites (tertiary alicyclic amines) is 1. The minimum Gasteiger partial charge on any atom is -0.352 e. The monoisotopic (exact) mass is 433 g/mol. The van der Waals surface area contributed by atoms with Crippen molar-refractivity contribution in [2.75, 3.05) is 13.1 Å². The molecule has 1 saturated heterocycles. The Balaban J connectivity index is 2.11. The summed E-state index contributed by atoms with van der Waals surface area (Å²) in [6.45, 7) is 11.1. The SMILES string of the molecule is CC[C@@H](C)NC(=O)[C@@H](NC(=O)c1ccccc1F)C1CCN(C(=O)CC(C)(C)C)CC1. The van der Waals surface area contributed by atoms with Crippen LogP contribution in [0.25, 0.3) is 0 Å². The molecule has 6 nitrogen and oxygen atoms in total. The van der Waals surface area contributed by atoms with E-state index in [1.807, 2.05) is 39.5 Å². The maximum Gasteiger partial charge on any atom is 0.254 e. The summed E-state index contributed by atoms with van der Waals surface area (Å²) >= 11 is 0. The molecule has 1 fully saturated rings. The minimum atomic E-state index is -0.777. The number of benzene rings is 1. The zero-order valence-corrected chi connectivity index (χ0v) is 19.3. The molecule has 2 atom stereocenters. The van der Waals surface area contributed by atoms with Crippen LogP contribution >= 0.6 is 0 Å². The summed E-state index contributed by atoms with van der Waals surface area (Å²) in [5.41, 5.74) is -0.165. The van der Waals surface area contributed by atoms with Gasteiger partial charge in [-0.05, 0) is 49.7 Å². The van der Waals surface area contributed by atoms with Crippen molar-refractivity contribution in [3.8, 4) is 0 Å². The van der Waals surface area contributed by atoms with E-state index in [1.165, 1.54) is 18.2 Å². The number of carbonyl (C=O) groups is 3. The second-order valence-electron chi connectivity index (χ2n) is 9.70. The van der Waals surface area contributed by atoms with E-state index in [-0.39, 0.29) is 34.8 Å². The maximum absolute atomic E-state index is 14.1. The number of piperidine rings is 1. The predicted molar refractivity (Wildman–Crippen MR) is 119 cm³/mol. The molecule has 31 heavy (non-hydrogen) atoms. The molecule has 0 radical (unpaired) electrons. The van der Waals surface area contributed by atoms with Crippen LogP contribution in [0.2, 0.25) is 0 Å². The molecule has 3 amide bonds. The van der Waals surface area contributed by atoms with Crippen LogP contribution in [-0.4, -0.2) is 47.8 Å². The first-order valence-corrected chi connectivity index (χ1v) is 11.2. The zero-order chi connectivity index (χ0) is 23.2. The first kappa shape index (κ1) is 24.8. The highest BCUT2D eigenvalue weighted by Crippen LogP contribution is 2.25. The lowest BCUT2D eigenvalue weighted by Crippen LogP contribution is -2.55. The van der Waals surface area contributed by atoms with Gasteiger partial charge in [0.15, 0.2) is 0 Å². The number of nitrogens with one attached hydrogen (secondary N) is 2. The number of rotatable bonds is 7. The van der Waals surface area contributed by atoms with Crippen molar-refractivity contribution in [2.45, 2.75) is 72.4 Å². The quantitative estimate of drug-likeness (QED) is 0.691. The van der Waals surface area contributed by atoms with Gasteiger partial charge < -0.3 is 15.5 Å². The van der Waals surface area contributed by atoms with Crippen LogP contribution in [0.5, 0.6) is 0 Å². The maximum atomic E-state index is 14.1. The van der Waals surface area contributed by atoms with Crippen LogP contribution < -0.4 is 10.6 Å². The van der Waals surface area contributed by atoms with E-state index in [1.54, 1.807) is 6.07 Å². The molecule has 2 rings (SSSR count). The Hall–Kier alpha value is -2.44. The largest absolute Gasteiger partial charge is 0.352 e. The molecular formula is C24H36FN3O3. The zero-order valence-electron chi connectivity index (χ0n) is 19.3. The highest BCUT2D eigenvalue weighted by Gasteiger charge is 2.35. The average Bonchev–Trinajstić information content (AvgIpc) is 2.70. The van der Waals surface area contributed by atoms with E-state index in [4.69, 9.17) is 0 Å². The highest BCUT2D eigenvalue weighted by molar-refractivity contribution is 5.97. The third kappa shape index (κ3) is 7.33. The molecule has 1 aromatic carbocycles. The number of hydrogen-bond donors (Lipinski definition) is 2. The predicted octanol–water partition coefficient (Wildman–Crippen LogP) is 3.51. The van der Waals surface area contributed by atoms with E-state index in [2.05, 4.69) is 10.6 Å². The number of halogens is 1. The fourth-order valence-corrected chi connectivity index (χ4v) is 3.74. The van der Waals surface area contributed by atoms with E-state index >= 15 is 0 Å². The summed E-state index contributed by atoms with van der Waals surface area (Å²) in [6.07, 6.45) is 2.44. The highest BCUT2D eigenvalue weighted by atomic mass is 19.1. The van der Waals surface area contributed by atoms with Gasteiger partial charge in [-0.15, -0.1) is 0 Å². The molecule has 0 unspecified atom stereocenters. The minimum absolute atomic E-state index is 0.0335. The van der Waals surface area contributed by atoms with Crippen molar-refractivity contribution in [2.24, 2.45) is 11.3 Å². The van der Waals surface area contributed by atoms with Crippen LogP contribution in [0, 0.1) is 17.2 Å². The number of carbonyl (C=O) groups excluding carboxylic acids is 3. The Morgan fingerprint density at radius 2 is 1.74 bits per heavy atom. The number of hydrogen-bond acceptors (Lipinski definition) is 3. The lowest BCUT2D eigenvalue weighted by molar-refractivity contribution is -0.134. The second kappa shape index (κ2) is 10.7. The molecule has 0 saturated carbocycles. The lowest BCUT2D eigenvalue weighted by Gasteiger charge is -2.37. The Kier molecular flexibility index (Phi) is 8.60. The Bertz CT molecular complexity index is 783. The van der Waals surface area contributed by atoms with Gasteiger partial charge in [0.2, 0.25) is 11.8 Å². The average molecular weight is 434 g/mol. The van der Waals surface area contributed by atoms with E-state index in [9.17, 15) is 18.8 Å². The van der Waals surface area contributed by atoms with E-state index in [0.29, 0.717) is 32.4 Å². The van der Waals surface area contributed by atoms with E-state index in [0.717, 1.165) is 6.42 Å². The van der Waals surface area contributed by atoms with Gasteiger partial charge >= 0.3 is 0 Å². The van der Waals surface area contributed by atoms with Gasteiger partial charge in [-0.3, -0.25) is 14.4 Å². The summed E-state index contributed by atoms with van der Waals surface area (Å²) in [6, 6.07) is 4.93. The van der Waals surface area contributed by atoms with Crippen LogP contribution in [0.15, 0.2) is 24.3 Å². The van der Waals surface area contributed by atoms with Gasteiger partial charge in [0.1, 0.15) is 11.9 Å². The van der Waals surface area contributed by atoms with Crippen molar-refractivity contribution in [3.63, 3.8) is 0 Å². The third-order valence-electron chi connectivity index (χ3n) is 5.73. The van der Waals surface area contributed by atoms with Gasteiger partial charge in [0.25, 0.3) is 5.91 Å². The van der Waals surface area contributed by atoms with Gasteiger partial charge in [-0.1, -0.05) is 39.8 Å². The van der Waals surface area contributed by atoms with Gasteiger partial charge in [0, 0.05) is 25.6 Å². The summed E-state index contributed by atoms with van der Waals surface area (Å²) in [7, 11) is 0. The fourth-order valence-electron chi connectivity index (χ4n) is 3.74. The van der Waals surface area contributed by atoms with Crippen LogP contribution in [0.1, 0.15) is 70.7 Å². The molecule has 1 heterocycles. The summed E-state index contributed by atoms with van der Waals surface area (Å²) < 4.78 is 14.1. The number of amides is 3. The fraction of sp³-hybridized carbons (Fsp3) is 0.625. The van der Waals surface area contributed by atoms with Crippen LogP contribution in [0.3, 0.4) is 0 Å². The van der Waals surface area contributed by atoms with E-state index < -0.39 is 17.8 Å². The standard InChI is InChI=1S/C24H36FN3O3/c1-6-16(2)26-23(31)21(27-22(30)18-9-7-8-10-19(18)25)17-11-13-28(14-12-17)20(29)15-24(3,4)5/h7-10,16-17,21H,6,11-15H2,1-5H3,(H,26,31)(H,27,30)/t16-,21+/m1/s1. The smallest absolute Gasteiger partial charge is 0.254 e. The van der Waals surface area contributed by atoms with Crippen molar-refractivity contribution in [1.29, 1.82) is 0 Å². The molecule has 2 N–H and O–H groups in total. The van der Waals surface area contributed by atoms with Crippen molar-refractivity contribution in [3.05, 3.63) is 35.6 Å². The summed E-state index contributed by atoms with van der Waals surface area (Å²) in [5.74, 6) is -1.50. The lowest BCUT2D eigenvalue weighted by atomic mass is 9.87. The molecule has 172 valence electrons. The summed E-state index contributed by atoms with van der Waals surface area (Å²) in [4.78, 5) is 40.1. The molecule has 7 heteroatoms. The second-order valence-corrected chi connectivity index (χ2v) is 9.70. The normalized spacial score (nSPS) is 17.0. The van der Waals surface area contributed by atoms with Crippen molar-refractivity contribution >= 4 is 17.7 Å². The molecule has 1 aliphatic rings. The van der Waals surface area contributed by atoms with Gasteiger partial charge in [-0.25, -0.2) is 4.39 Å². The third-order valence-corrected chi connectivity index (χ3v) is 5.73. The summed E-state index contributed by atoms with van der Waals surface area (Å²) in [5, 5.41) is 5.70. The Morgan fingerprint density at radius 3 is 2.29 bits per heavy atom. The van der Waals surface area contributed by atoms with Gasteiger partial charge in [-0.2, -0.15) is 0 Å². The van der Waals surface area contributed by atoms with Crippen molar-refractivity contribution < 1.29 is 18.8 Å². The molecule has 1 aromatic rings. The molecule has 0 bridgehead atoms. The van der Waals surface area contributed by atoms with Crippen molar-refractivity contribution in [1.82, 2.24) is 15.5 Å². The van der Waals surface area contributed by atoms with Crippen LogP contribution in [-0.2, 0) is 9.59 Å². The first-order chi connectivity index (χ1) is 14.5. The molecule has 1 aliphatic heterocycles. The van der Waals surface area contributed by atoms with Crippen LogP contribution in [0.4, 0.5) is 4.39 Å². The Morgan fingerprint density at radius 1 is 1.13 bits per heavy atom. The topological polar surface area (TPSA) is 78.5 Å². The first-order valence-electron chi connectivity index (χ1n) is 11.2. The molecule has 0 aromatic heterocycles. The Labute approximate surface area is 185 Å². The molecule has 0 spiro atoms. The number of nitrogens with zero attached hydrogens (tertiary/aromatic N) is 1. The van der Waals surface area contributed by atoms with Gasteiger partial charge in [0.05, 0.1) is 5.56 Å². The molecule has 0 aliphatic carbocycles.